The summed E-state index contributed by atoms with van der Waals surface area (Å²) in [6, 6.07) is 4.92. The molecule has 78 valence electrons. The highest BCUT2D eigenvalue weighted by molar-refractivity contribution is 5.42. The molecule has 1 rings (SSSR count). The van der Waals surface area contributed by atoms with E-state index in [2.05, 4.69) is 10.0 Å². The molecular formula is C8H8N4O3. The summed E-state index contributed by atoms with van der Waals surface area (Å²) in [7, 11) is 0. The summed E-state index contributed by atoms with van der Waals surface area (Å²) in [6.07, 6.45) is 0. The monoisotopic (exact) mass is 208 g/mol. The van der Waals surface area contributed by atoms with Gasteiger partial charge in [-0.05, 0) is 5.53 Å². The lowest BCUT2D eigenvalue weighted by molar-refractivity contribution is -0.385. The first-order valence-electron chi connectivity index (χ1n) is 4.09. The first-order valence-corrected chi connectivity index (χ1v) is 4.09. The van der Waals surface area contributed by atoms with Crippen molar-refractivity contribution in [2.24, 2.45) is 5.11 Å². The summed E-state index contributed by atoms with van der Waals surface area (Å²) in [5.41, 5.74) is 8.28. The predicted molar refractivity (Wildman–Crippen MR) is 52.1 cm³/mol. The molecule has 0 saturated carbocycles. The lowest BCUT2D eigenvalue weighted by Gasteiger charge is -2.07. The molecule has 1 atom stereocenters. The van der Waals surface area contributed by atoms with E-state index < -0.39 is 17.6 Å². The van der Waals surface area contributed by atoms with Crippen LogP contribution in [0.1, 0.15) is 11.6 Å². The van der Waals surface area contributed by atoms with Crippen molar-refractivity contribution >= 4 is 5.69 Å². The van der Waals surface area contributed by atoms with Crippen molar-refractivity contribution in [1.29, 1.82) is 0 Å². The molecule has 0 heterocycles. The maximum atomic E-state index is 10.6. The number of hydrogen-bond donors (Lipinski definition) is 1. The minimum Gasteiger partial charge on any atom is -0.396 e. The van der Waals surface area contributed by atoms with Gasteiger partial charge in [-0.15, -0.1) is 0 Å². The van der Waals surface area contributed by atoms with Crippen LogP contribution in [0.4, 0.5) is 5.69 Å². The van der Waals surface area contributed by atoms with Crippen LogP contribution in [0.15, 0.2) is 29.4 Å². The van der Waals surface area contributed by atoms with Crippen LogP contribution < -0.4 is 0 Å². The SMILES string of the molecule is [N-]=[N+]=NC(CO)c1ccccc1[N+](=O)[O-]. The lowest BCUT2D eigenvalue weighted by Crippen LogP contribution is -2.03. The molecule has 0 fully saturated rings. The number of aliphatic hydroxyl groups is 1. The summed E-state index contributed by atoms with van der Waals surface area (Å²) in [5, 5.41) is 22.8. The van der Waals surface area contributed by atoms with Crippen molar-refractivity contribution in [1.82, 2.24) is 0 Å². The zero-order valence-corrected chi connectivity index (χ0v) is 7.65. The van der Waals surface area contributed by atoms with Gasteiger partial charge in [-0.3, -0.25) is 10.1 Å². The van der Waals surface area contributed by atoms with Crippen molar-refractivity contribution in [3.05, 3.63) is 50.4 Å². The van der Waals surface area contributed by atoms with Crippen LogP contribution in [0.25, 0.3) is 10.4 Å². The van der Waals surface area contributed by atoms with Crippen LogP contribution in [0, 0.1) is 10.1 Å². The molecular weight excluding hydrogens is 200 g/mol. The van der Waals surface area contributed by atoms with E-state index in [1.807, 2.05) is 0 Å². The maximum Gasteiger partial charge on any atom is 0.273 e. The topological polar surface area (TPSA) is 112 Å². The van der Waals surface area contributed by atoms with E-state index in [0.29, 0.717) is 0 Å². The second-order valence-electron chi connectivity index (χ2n) is 2.72. The quantitative estimate of drug-likeness (QED) is 0.268. The Bertz CT molecular complexity index is 414. The third-order valence-electron chi connectivity index (χ3n) is 1.86. The van der Waals surface area contributed by atoms with Crippen LogP contribution in [0.5, 0.6) is 0 Å². The van der Waals surface area contributed by atoms with Crippen LogP contribution in [-0.4, -0.2) is 16.6 Å². The van der Waals surface area contributed by atoms with Gasteiger partial charge in [-0.25, -0.2) is 0 Å². The van der Waals surface area contributed by atoms with E-state index in [9.17, 15) is 10.1 Å². The zero-order chi connectivity index (χ0) is 11.3. The highest BCUT2D eigenvalue weighted by Crippen LogP contribution is 2.26. The molecule has 1 aromatic carbocycles. The molecule has 0 bridgehead atoms. The third-order valence-corrected chi connectivity index (χ3v) is 1.86. The Labute approximate surface area is 84.7 Å². The fraction of sp³-hybridized carbons (Fsp3) is 0.250. The summed E-state index contributed by atoms with van der Waals surface area (Å²) < 4.78 is 0. The van der Waals surface area contributed by atoms with Gasteiger partial charge in [0.05, 0.1) is 17.6 Å². The number of aliphatic hydroxyl groups excluding tert-OH is 1. The Morgan fingerprint density at radius 3 is 2.80 bits per heavy atom. The molecule has 15 heavy (non-hydrogen) atoms. The maximum absolute atomic E-state index is 10.6. The Hall–Kier alpha value is -2.11. The average Bonchev–Trinajstić information content (AvgIpc) is 2.26. The molecule has 0 radical (unpaired) electrons. The van der Waals surface area contributed by atoms with Crippen LogP contribution in [-0.2, 0) is 0 Å². The Balaban J connectivity index is 3.21. The van der Waals surface area contributed by atoms with Crippen LogP contribution in [0.3, 0.4) is 0 Å². The molecule has 1 N–H and O–H groups in total. The van der Waals surface area contributed by atoms with E-state index in [-0.39, 0.29) is 11.3 Å². The van der Waals surface area contributed by atoms with Gasteiger partial charge in [0.15, 0.2) is 0 Å². The number of azide groups is 1. The van der Waals surface area contributed by atoms with Crippen LogP contribution >= 0.6 is 0 Å². The number of para-hydroxylation sites is 1. The Morgan fingerprint density at radius 1 is 1.60 bits per heavy atom. The average molecular weight is 208 g/mol. The van der Waals surface area contributed by atoms with Gasteiger partial charge in [0, 0.05) is 16.5 Å². The summed E-state index contributed by atoms with van der Waals surface area (Å²) >= 11 is 0. The van der Waals surface area contributed by atoms with Gasteiger partial charge < -0.3 is 5.11 Å². The van der Waals surface area contributed by atoms with Crippen molar-refractivity contribution in [3.8, 4) is 0 Å². The van der Waals surface area contributed by atoms with E-state index >= 15 is 0 Å². The third kappa shape index (κ3) is 2.43. The van der Waals surface area contributed by atoms with Crippen molar-refractivity contribution < 1.29 is 10.0 Å². The van der Waals surface area contributed by atoms with E-state index in [0.717, 1.165) is 0 Å². The fourth-order valence-corrected chi connectivity index (χ4v) is 1.19. The minimum atomic E-state index is -0.920. The second-order valence-corrected chi connectivity index (χ2v) is 2.72. The number of nitro groups is 1. The molecule has 7 nitrogen and oxygen atoms in total. The first kappa shape index (κ1) is 11.0. The summed E-state index contributed by atoms with van der Waals surface area (Å²) in [6.45, 7) is -0.463. The summed E-state index contributed by atoms with van der Waals surface area (Å²) in [5.74, 6) is 0. The molecule has 0 aromatic heterocycles. The van der Waals surface area contributed by atoms with Crippen molar-refractivity contribution in [2.45, 2.75) is 6.04 Å². The molecule has 0 amide bonds. The smallest absolute Gasteiger partial charge is 0.273 e. The van der Waals surface area contributed by atoms with Gasteiger partial charge in [0.25, 0.3) is 5.69 Å². The highest BCUT2D eigenvalue weighted by atomic mass is 16.6. The molecule has 0 spiro atoms. The number of nitrogens with zero attached hydrogens (tertiary/aromatic N) is 4. The molecule has 0 aliphatic carbocycles. The van der Waals surface area contributed by atoms with Gasteiger partial charge >= 0.3 is 0 Å². The number of rotatable bonds is 4. The standard InChI is InChI=1S/C8H8N4O3/c9-11-10-7(5-13)6-3-1-2-4-8(6)12(14)15/h1-4,7,13H,5H2. The molecule has 0 aliphatic heterocycles. The van der Waals surface area contributed by atoms with E-state index in [4.69, 9.17) is 10.6 Å². The van der Waals surface area contributed by atoms with E-state index in [1.165, 1.54) is 18.2 Å². The Kier molecular flexibility index (Phi) is 3.61. The highest BCUT2D eigenvalue weighted by Gasteiger charge is 2.19. The molecule has 0 saturated heterocycles. The lowest BCUT2D eigenvalue weighted by atomic mass is 10.1. The van der Waals surface area contributed by atoms with E-state index in [1.54, 1.807) is 6.07 Å². The van der Waals surface area contributed by atoms with Crippen molar-refractivity contribution in [3.63, 3.8) is 0 Å². The number of benzene rings is 1. The van der Waals surface area contributed by atoms with Gasteiger partial charge in [0.1, 0.15) is 0 Å². The fourth-order valence-electron chi connectivity index (χ4n) is 1.19. The molecule has 0 aliphatic rings. The second kappa shape index (κ2) is 4.94. The van der Waals surface area contributed by atoms with Gasteiger partial charge in [-0.1, -0.05) is 23.3 Å². The predicted octanol–water partition coefficient (Wildman–Crippen LogP) is 1.94. The van der Waals surface area contributed by atoms with Crippen molar-refractivity contribution in [2.75, 3.05) is 6.61 Å². The van der Waals surface area contributed by atoms with Gasteiger partial charge in [-0.2, -0.15) is 0 Å². The van der Waals surface area contributed by atoms with Gasteiger partial charge in [0.2, 0.25) is 0 Å². The van der Waals surface area contributed by atoms with Crippen LogP contribution in [0.2, 0.25) is 0 Å². The molecule has 1 aromatic rings. The first-order chi connectivity index (χ1) is 7.20. The normalized spacial score (nSPS) is 11.5. The molecule has 1 unspecified atom stereocenters. The minimum absolute atomic E-state index is 0.163. The zero-order valence-electron chi connectivity index (χ0n) is 7.65. The summed E-state index contributed by atoms with van der Waals surface area (Å²) in [4.78, 5) is 12.6. The number of hydrogen-bond acceptors (Lipinski definition) is 4. The number of nitro benzene ring substituents is 1. The Morgan fingerprint density at radius 2 is 2.27 bits per heavy atom. The molecule has 7 heteroatoms. The largest absolute Gasteiger partial charge is 0.396 e.